The molecule has 0 saturated carbocycles. The van der Waals surface area contributed by atoms with Crippen molar-refractivity contribution in [2.24, 2.45) is 0 Å². The number of rotatable bonds is 3. The van der Waals surface area contributed by atoms with Crippen LogP contribution in [0.2, 0.25) is 0 Å². The molecule has 0 saturated heterocycles. The van der Waals surface area contributed by atoms with E-state index in [1.165, 1.54) is 0 Å². The Morgan fingerprint density at radius 2 is 2.00 bits per heavy atom. The van der Waals surface area contributed by atoms with Gasteiger partial charge < -0.3 is 4.90 Å². The Bertz CT molecular complexity index is 50.5. The molecule has 0 unspecified atom stereocenters. The van der Waals surface area contributed by atoms with E-state index < -0.39 is 0 Å². The molecular weight excluding hydrogens is 122 g/mol. The molecule has 0 aliphatic rings. The molecule has 1 nitrogen and oxygen atoms in total. The zero-order valence-electron chi connectivity index (χ0n) is 5.82. The maximum absolute atomic E-state index is 5.62. The van der Waals surface area contributed by atoms with Crippen molar-refractivity contribution in [1.29, 1.82) is 0 Å². The summed E-state index contributed by atoms with van der Waals surface area (Å²) in [5.74, 6) is 0.740. The summed E-state index contributed by atoms with van der Waals surface area (Å²) < 4.78 is 0. The fraction of sp³-hybridized carbons (Fsp3) is 1.00. The van der Waals surface area contributed by atoms with E-state index in [2.05, 4.69) is 25.9 Å². The first-order valence-electron chi connectivity index (χ1n) is 2.94. The minimum atomic E-state index is 0.552. The lowest BCUT2D eigenvalue weighted by Crippen LogP contribution is -2.28. The average molecular weight is 136 g/mol. The van der Waals surface area contributed by atoms with Crippen molar-refractivity contribution in [3.05, 3.63) is 0 Å². The van der Waals surface area contributed by atoms with Crippen molar-refractivity contribution in [2.75, 3.05) is 20.0 Å². The van der Waals surface area contributed by atoms with Crippen LogP contribution in [-0.2, 0) is 0 Å². The zero-order chi connectivity index (χ0) is 6.57. The molecule has 0 rings (SSSR count). The Labute approximate surface area is 56.6 Å². The lowest BCUT2D eigenvalue weighted by Gasteiger charge is -2.19. The summed E-state index contributed by atoms with van der Waals surface area (Å²) in [5, 5.41) is 0. The van der Waals surface area contributed by atoms with Crippen LogP contribution in [-0.4, -0.2) is 30.9 Å². The van der Waals surface area contributed by atoms with Gasteiger partial charge in [0.2, 0.25) is 0 Å². The summed E-state index contributed by atoms with van der Waals surface area (Å²) in [4.78, 5) is 2.15. The molecule has 50 valence electrons. The molecule has 0 heterocycles. The number of halogens is 1. The Morgan fingerprint density at radius 1 is 1.50 bits per heavy atom. The maximum Gasteiger partial charge on any atom is 0.0379 e. The predicted octanol–water partition coefficient (Wildman–Crippen LogP) is 1.57. The van der Waals surface area contributed by atoms with Gasteiger partial charge in [-0.3, -0.25) is 0 Å². The molecule has 0 radical (unpaired) electrons. The van der Waals surface area contributed by atoms with Gasteiger partial charge in [-0.05, 0) is 20.5 Å². The summed E-state index contributed by atoms with van der Waals surface area (Å²) in [5.41, 5.74) is 0. The Morgan fingerprint density at radius 3 is 2.00 bits per heavy atom. The van der Waals surface area contributed by atoms with Crippen LogP contribution >= 0.6 is 11.6 Å². The third kappa shape index (κ3) is 2.53. The van der Waals surface area contributed by atoms with Gasteiger partial charge in [-0.15, -0.1) is 11.6 Å². The lowest BCUT2D eigenvalue weighted by molar-refractivity contribution is 0.310. The monoisotopic (exact) mass is 135 g/mol. The largest absolute Gasteiger partial charge is 0.305 e. The summed E-state index contributed by atoms with van der Waals surface area (Å²) in [7, 11) is 4.10. The van der Waals surface area contributed by atoms with Crippen molar-refractivity contribution in [3.8, 4) is 0 Å². The SMILES string of the molecule is CC[C@@H](CCl)N(C)C. The molecule has 0 fully saturated rings. The predicted molar refractivity (Wildman–Crippen MR) is 38.5 cm³/mol. The fourth-order valence-corrected chi connectivity index (χ4v) is 1.11. The Balaban J connectivity index is 3.35. The van der Waals surface area contributed by atoms with E-state index in [9.17, 15) is 0 Å². The second-order valence-corrected chi connectivity index (χ2v) is 2.49. The topological polar surface area (TPSA) is 3.24 Å². The Kier molecular flexibility index (Phi) is 4.29. The second kappa shape index (κ2) is 4.16. The van der Waals surface area contributed by atoms with Crippen LogP contribution in [0.15, 0.2) is 0 Å². The highest BCUT2D eigenvalue weighted by Gasteiger charge is 2.04. The van der Waals surface area contributed by atoms with E-state index in [0.29, 0.717) is 6.04 Å². The van der Waals surface area contributed by atoms with Crippen LogP contribution in [0.25, 0.3) is 0 Å². The number of alkyl halides is 1. The second-order valence-electron chi connectivity index (χ2n) is 2.18. The Hall–Kier alpha value is 0.250. The molecule has 8 heavy (non-hydrogen) atoms. The van der Waals surface area contributed by atoms with Crippen LogP contribution in [0.3, 0.4) is 0 Å². The van der Waals surface area contributed by atoms with Gasteiger partial charge in [0, 0.05) is 11.9 Å². The van der Waals surface area contributed by atoms with Gasteiger partial charge in [0.15, 0.2) is 0 Å². The molecular formula is C6H14ClN. The first kappa shape index (κ1) is 8.25. The van der Waals surface area contributed by atoms with Gasteiger partial charge in [0.05, 0.1) is 0 Å². The number of hydrogen-bond acceptors (Lipinski definition) is 1. The summed E-state index contributed by atoms with van der Waals surface area (Å²) in [6.07, 6.45) is 1.14. The number of nitrogens with zero attached hydrogens (tertiary/aromatic N) is 1. The summed E-state index contributed by atoms with van der Waals surface area (Å²) in [6, 6.07) is 0.552. The number of hydrogen-bond donors (Lipinski definition) is 0. The zero-order valence-corrected chi connectivity index (χ0v) is 6.57. The molecule has 0 aromatic heterocycles. The highest BCUT2D eigenvalue weighted by atomic mass is 35.5. The molecule has 0 aromatic carbocycles. The smallest absolute Gasteiger partial charge is 0.0379 e. The van der Waals surface area contributed by atoms with Gasteiger partial charge in [-0.25, -0.2) is 0 Å². The first-order chi connectivity index (χ1) is 3.72. The molecule has 0 aromatic rings. The van der Waals surface area contributed by atoms with E-state index in [-0.39, 0.29) is 0 Å². The first-order valence-corrected chi connectivity index (χ1v) is 3.48. The third-order valence-corrected chi connectivity index (χ3v) is 1.74. The highest BCUT2D eigenvalue weighted by Crippen LogP contribution is 1.99. The molecule has 0 aliphatic carbocycles. The van der Waals surface area contributed by atoms with Crippen molar-refractivity contribution >= 4 is 11.6 Å². The molecule has 0 aliphatic heterocycles. The minimum Gasteiger partial charge on any atom is -0.305 e. The molecule has 0 amide bonds. The molecule has 0 spiro atoms. The third-order valence-electron chi connectivity index (χ3n) is 1.38. The maximum atomic E-state index is 5.62. The van der Waals surface area contributed by atoms with E-state index in [1.54, 1.807) is 0 Å². The van der Waals surface area contributed by atoms with Crippen molar-refractivity contribution in [1.82, 2.24) is 4.90 Å². The van der Waals surface area contributed by atoms with Crippen LogP contribution in [0.5, 0.6) is 0 Å². The van der Waals surface area contributed by atoms with Crippen molar-refractivity contribution in [3.63, 3.8) is 0 Å². The molecule has 0 bridgehead atoms. The summed E-state index contributed by atoms with van der Waals surface area (Å²) >= 11 is 5.62. The van der Waals surface area contributed by atoms with Gasteiger partial charge in [-0.2, -0.15) is 0 Å². The van der Waals surface area contributed by atoms with Crippen LogP contribution in [0, 0.1) is 0 Å². The van der Waals surface area contributed by atoms with Crippen LogP contribution < -0.4 is 0 Å². The highest BCUT2D eigenvalue weighted by molar-refractivity contribution is 6.18. The van der Waals surface area contributed by atoms with E-state index in [0.717, 1.165) is 12.3 Å². The fourth-order valence-electron chi connectivity index (χ4n) is 0.612. The normalized spacial score (nSPS) is 14.6. The van der Waals surface area contributed by atoms with E-state index >= 15 is 0 Å². The van der Waals surface area contributed by atoms with Crippen LogP contribution in [0.1, 0.15) is 13.3 Å². The van der Waals surface area contributed by atoms with Gasteiger partial charge >= 0.3 is 0 Å². The van der Waals surface area contributed by atoms with Gasteiger partial charge in [0.1, 0.15) is 0 Å². The van der Waals surface area contributed by atoms with E-state index in [1.807, 2.05) is 0 Å². The lowest BCUT2D eigenvalue weighted by atomic mass is 10.2. The molecule has 1 atom stereocenters. The quantitative estimate of drug-likeness (QED) is 0.531. The molecule has 0 N–H and O–H groups in total. The van der Waals surface area contributed by atoms with Gasteiger partial charge in [0.25, 0.3) is 0 Å². The van der Waals surface area contributed by atoms with E-state index in [4.69, 9.17) is 11.6 Å². The van der Waals surface area contributed by atoms with Crippen molar-refractivity contribution < 1.29 is 0 Å². The van der Waals surface area contributed by atoms with Crippen LogP contribution in [0.4, 0.5) is 0 Å². The average Bonchev–Trinajstić information content (AvgIpc) is 1.69. The summed E-state index contributed by atoms with van der Waals surface area (Å²) in [6.45, 7) is 2.15. The van der Waals surface area contributed by atoms with Crippen molar-refractivity contribution in [2.45, 2.75) is 19.4 Å². The molecule has 2 heteroatoms. The van der Waals surface area contributed by atoms with Gasteiger partial charge in [-0.1, -0.05) is 6.92 Å². The minimum absolute atomic E-state index is 0.552. The standard InChI is InChI=1S/C6H14ClN/c1-4-6(5-7)8(2)3/h6H,4-5H2,1-3H3/t6-/m0/s1.